The summed E-state index contributed by atoms with van der Waals surface area (Å²) < 4.78 is 2.27. The Morgan fingerprint density at radius 3 is 1.78 bits per heavy atom. The Hall–Kier alpha value is -3.02. The number of benzene rings is 3. The first-order valence-corrected chi connectivity index (χ1v) is 10.1. The molecule has 0 aliphatic rings. The summed E-state index contributed by atoms with van der Waals surface area (Å²) in [6, 6.07) is 23.6. The molecule has 2 heterocycles. The molecule has 5 heteroatoms. The lowest BCUT2D eigenvalue weighted by Gasteiger charge is -2.03. The van der Waals surface area contributed by atoms with Crippen LogP contribution in [0.25, 0.3) is 32.1 Å². The van der Waals surface area contributed by atoms with E-state index in [0.29, 0.717) is 0 Å². The van der Waals surface area contributed by atoms with Gasteiger partial charge < -0.3 is 5.11 Å². The molecule has 0 fully saturated rings. The Bertz CT molecular complexity index is 1160. The highest BCUT2D eigenvalue weighted by atomic mass is 32.1. The third-order valence-corrected chi connectivity index (χ3v) is 6.42. The molecule has 0 spiro atoms. The van der Waals surface area contributed by atoms with Crippen molar-refractivity contribution in [3.05, 3.63) is 88.4 Å². The van der Waals surface area contributed by atoms with Crippen LogP contribution in [0.4, 0.5) is 0 Å². The lowest BCUT2D eigenvalue weighted by atomic mass is 10.1. The molecule has 5 rings (SSSR count). The van der Waals surface area contributed by atoms with Gasteiger partial charge in [0.2, 0.25) is 0 Å². The van der Waals surface area contributed by atoms with Crippen molar-refractivity contribution in [1.29, 1.82) is 0 Å². The zero-order valence-corrected chi connectivity index (χ0v) is 15.8. The van der Waals surface area contributed by atoms with Crippen molar-refractivity contribution >= 4 is 54.8 Å². The lowest BCUT2D eigenvalue weighted by molar-refractivity contribution is 0.474. The molecule has 0 amide bonds. The topological polar surface area (TPSA) is 46.0 Å². The molecule has 2 aromatic heterocycles. The molecule has 0 saturated carbocycles. The first kappa shape index (κ1) is 16.2. The van der Waals surface area contributed by atoms with Gasteiger partial charge in [-0.1, -0.05) is 42.5 Å². The van der Waals surface area contributed by atoms with Gasteiger partial charge in [0, 0.05) is 11.1 Å². The van der Waals surface area contributed by atoms with Crippen molar-refractivity contribution in [2.24, 2.45) is 0 Å². The van der Waals surface area contributed by atoms with Crippen molar-refractivity contribution in [3.8, 4) is 5.75 Å². The highest BCUT2D eigenvalue weighted by Gasteiger charge is 2.16. The maximum absolute atomic E-state index is 10.3. The van der Waals surface area contributed by atoms with E-state index in [-0.39, 0.29) is 5.75 Å². The average Bonchev–Trinajstić information content (AvgIpc) is 3.31. The van der Waals surface area contributed by atoms with Crippen molar-refractivity contribution in [3.63, 3.8) is 0 Å². The van der Waals surface area contributed by atoms with Crippen molar-refractivity contribution in [1.82, 2.24) is 9.97 Å². The molecule has 0 aliphatic heterocycles. The SMILES string of the molecule is Oc1ccccc1C=C(c1nc2ccccc2s1)c1nc2ccccc2s1. The van der Waals surface area contributed by atoms with E-state index in [1.54, 1.807) is 28.7 Å². The summed E-state index contributed by atoms with van der Waals surface area (Å²) in [4.78, 5) is 9.64. The van der Waals surface area contributed by atoms with Crippen molar-refractivity contribution in [2.75, 3.05) is 0 Å². The predicted molar refractivity (Wildman–Crippen MR) is 114 cm³/mol. The molecule has 0 saturated heterocycles. The number of aromatic nitrogens is 2. The van der Waals surface area contributed by atoms with Gasteiger partial charge in [-0.15, -0.1) is 22.7 Å². The van der Waals surface area contributed by atoms with E-state index in [2.05, 4.69) is 12.1 Å². The summed E-state index contributed by atoms with van der Waals surface area (Å²) in [5, 5.41) is 12.1. The molecule has 0 unspecified atom stereocenters. The van der Waals surface area contributed by atoms with Crippen LogP contribution in [0.15, 0.2) is 72.8 Å². The summed E-state index contributed by atoms with van der Waals surface area (Å²) in [5.74, 6) is 0.247. The first-order chi connectivity index (χ1) is 13.3. The highest BCUT2D eigenvalue weighted by molar-refractivity contribution is 7.22. The monoisotopic (exact) mass is 386 g/mol. The van der Waals surface area contributed by atoms with Crippen LogP contribution in [-0.2, 0) is 0 Å². The number of nitrogens with zero attached hydrogens (tertiary/aromatic N) is 2. The normalized spacial score (nSPS) is 11.1. The van der Waals surface area contributed by atoms with E-state index < -0.39 is 0 Å². The Morgan fingerprint density at radius 2 is 1.22 bits per heavy atom. The predicted octanol–water partition coefficient (Wildman–Crippen LogP) is 6.20. The van der Waals surface area contributed by atoms with E-state index in [9.17, 15) is 5.11 Å². The molecule has 27 heavy (non-hydrogen) atoms. The van der Waals surface area contributed by atoms with Gasteiger partial charge in [-0.3, -0.25) is 0 Å². The van der Waals surface area contributed by atoms with Gasteiger partial charge in [0.15, 0.2) is 0 Å². The zero-order chi connectivity index (χ0) is 18.2. The van der Waals surface area contributed by atoms with Gasteiger partial charge >= 0.3 is 0 Å². The van der Waals surface area contributed by atoms with E-state index >= 15 is 0 Å². The van der Waals surface area contributed by atoms with Gasteiger partial charge in [0.1, 0.15) is 15.8 Å². The largest absolute Gasteiger partial charge is 0.507 e. The Morgan fingerprint density at radius 1 is 0.704 bits per heavy atom. The van der Waals surface area contributed by atoms with Crippen LogP contribution in [0.5, 0.6) is 5.75 Å². The summed E-state index contributed by atoms with van der Waals surface area (Å²) >= 11 is 3.28. The number of hydrogen-bond donors (Lipinski definition) is 1. The van der Waals surface area contributed by atoms with Crippen LogP contribution in [0.3, 0.4) is 0 Å². The van der Waals surface area contributed by atoms with Gasteiger partial charge in [-0.2, -0.15) is 0 Å². The summed E-state index contributed by atoms with van der Waals surface area (Å²) in [7, 11) is 0. The molecule has 0 atom stereocenters. The summed E-state index contributed by atoms with van der Waals surface area (Å²) in [6.45, 7) is 0. The Kier molecular flexibility index (Phi) is 3.96. The molecule has 3 nitrogen and oxygen atoms in total. The van der Waals surface area contributed by atoms with Crippen LogP contribution < -0.4 is 0 Å². The molecule has 0 radical (unpaired) electrons. The number of rotatable bonds is 3. The lowest BCUT2D eigenvalue weighted by Crippen LogP contribution is -1.87. The number of para-hydroxylation sites is 3. The fraction of sp³-hybridized carbons (Fsp3) is 0. The van der Waals surface area contributed by atoms with Crippen LogP contribution >= 0.6 is 22.7 Å². The molecular formula is C22H14N2OS2. The average molecular weight is 387 g/mol. The third kappa shape index (κ3) is 3.01. The minimum Gasteiger partial charge on any atom is -0.507 e. The molecule has 1 N–H and O–H groups in total. The van der Waals surface area contributed by atoms with Crippen molar-refractivity contribution < 1.29 is 5.11 Å². The molecule has 0 bridgehead atoms. The fourth-order valence-electron chi connectivity index (χ4n) is 2.95. The second-order valence-corrected chi connectivity index (χ2v) is 8.15. The van der Waals surface area contributed by atoms with Crippen LogP contribution in [-0.4, -0.2) is 15.1 Å². The fourth-order valence-corrected chi connectivity index (χ4v) is 4.98. The second-order valence-electron chi connectivity index (χ2n) is 6.09. The van der Waals surface area contributed by atoms with Gasteiger partial charge in [0.05, 0.1) is 20.4 Å². The number of aromatic hydroxyl groups is 1. The maximum atomic E-state index is 10.3. The number of phenolic OH excluding ortho intramolecular Hbond substituents is 1. The maximum Gasteiger partial charge on any atom is 0.127 e. The quantitative estimate of drug-likeness (QED) is 0.401. The molecular weight excluding hydrogens is 372 g/mol. The highest BCUT2D eigenvalue weighted by Crippen LogP contribution is 2.37. The van der Waals surface area contributed by atoms with Gasteiger partial charge in [0.25, 0.3) is 0 Å². The Labute approximate surface area is 163 Å². The van der Waals surface area contributed by atoms with E-state index in [1.165, 1.54) is 0 Å². The third-order valence-electron chi connectivity index (χ3n) is 4.29. The van der Waals surface area contributed by atoms with Crippen molar-refractivity contribution in [2.45, 2.75) is 0 Å². The summed E-state index contributed by atoms with van der Waals surface area (Å²) in [5.41, 5.74) is 3.63. The van der Waals surface area contributed by atoms with Crippen LogP contribution in [0.2, 0.25) is 0 Å². The first-order valence-electron chi connectivity index (χ1n) is 8.49. The molecule has 3 aromatic carbocycles. The smallest absolute Gasteiger partial charge is 0.127 e. The van der Waals surface area contributed by atoms with Gasteiger partial charge in [-0.05, 0) is 36.4 Å². The van der Waals surface area contributed by atoms with E-state index in [0.717, 1.165) is 41.6 Å². The standard InChI is InChI=1S/C22H14N2OS2/c25-18-10-4-1-7-14(18)13-15(21-23-16-8-2-5-11-19(16)26-21)22-24-17-9-3-6-12-20(17)27-22/h1-13,25H. The molecule has 0 aliphatic carbocycles. The Balaban J connectivity index is 1.75. The minimum atomic E-state index is 0.247. The van der Waals surface area contributed by atoms with Crippen LogP contribution in [0, 0.1) is 0 Å². The summed E-state index contributed by atoms with van der Waals surface area (Å²) in [6.07, 6.45) is 1.98. The van der Waals surface area contributed by atoms with E-state index in [1.807, 2.05) is 60.7 Å². The number of phenols is 1. The second kappa shape index (κ2) is 6.61. The van der Waals surface area contributed by atoms with Gasteiger partial charge in [-0.25, -0.2) is 9.97 Å². The number of thiazole rings is 2. The molecule has 5 aromatic rings. The number of hydrogen-bond acceptors (Lipinski definition) is 5. The zero-order valence-electron chi connectivity index (χ0n) is 14.2. The van der Waals surface area contributed by atoms with Crippen LogP contribution in [0.1, 0.15) is 15.6 Å². The minimum absolute atomic E-state index is 0.247. The number of fused-ring (bicyclic) bond motifs is 2. The molecule has 130 valence electrons. The van der Waals surface area contributed by atoms with E-state index in [4.69, 9.17) is 9.97 Å².